The molecule has 0 heterocycles. The van der Waals surface area contributed by atoms with E-state index in [9.17, 15) is 14.0 Å². The number of amides is 2. The highest BCUT2D eigenvalue weighted by molar-refractivity contribution is 5.95. The van der Waals surface area contributed by atoms with Gasteiger partial charge in [-0.05, 0) is 61.0 Å². The van der Waals surface area contributed by atoms with E-state index in [-0.39, 0.29) is 23.6 Å². The fraction of sp³-hybridized carbons (Fsp3) is 0.120. The molecule has 0 fully saturated rings. The molecule has 0 unspecified atom stereocenters. The van der Waals surface area contributed by atoms with Crippen molar-refractivity contribution in [1.82, 2.24) is 5.43 Å². The number of hydrogen-bond donors (Lipinski definition) is 2. The Morgan fingerprint density at radius 2 is 1.85 bits per heavy atom. The van der Waals surface area contributed by atoms with E-state index in [0.717, 1.165) is 11.6 Å². The highest BCUT2D eigenvalue weighted by Gasteiger charge is 2.12. The van der Waals surface area contributed by atoms with E-state index in [4.69, 9.17) is 14.7 Å². The Morgan fingerprint density at radius 1 is 1.09 bits per heavy atom. The molecule has 34 heavy (non-hydrogen) atoms. The number of carbonyl (C=O) groups is 2. The van der Waals surface area contributed by atoms with Gasteiger partial charge in [0.1, 0.15) is 5.82 Å². The van der Waals surface area contributed by atoms with Crippen molar-refractivity contribution in [1.29, 1.82) is 5.26 Å². The van der Waals surface area contributed by atoms with Gasteiger partial charge in [0.15, 0.2) is 18.1 Å². The van der Waals surface area contributed by atoms with Crippen molar-refractivity contribution in [3.8, 4) is 17.6 Å². The predicted molar refractivity (Wildman–Crippen MR) is 124 cm³/mol. The van der Waals surface area contributed by atoms with Crippen LogP contribution >= 0.6 is 0 Å². The zero-order valence-corrected chi connectivity index (χ0v) is 18.5. The minimum absolute atomic E-state index is 0.111. The number of ether oxygens (including phenoxy) is 2. The lowest BCUT2D eigenvalue weighted by Crippen LogP contribution is -2.20. The van der Waals surface area contributed by atoms with E-state index < -0.39 is 11.7 Å². The second-order valence-corrected chi connectivity index (χ2v) is 7.12. The number of nitrogens with one attached hydrogen (secondary N) is 2. The summed E-state index contributed by atoms with van der Waals surface area (Å²) in [5, 5.41) is 15.3. The third kappa shape index (κ3) is 6.40. The molecule has 3 rings (SSSR count). The number of hydrogen-bond acceptors (Lipinski definition) is 6. The Morgan fingerprint density at radius 3 is 2.53 bits per heavy atom. The van der Waals surface area contributed by atoms with Crippen LogP contribution in [0.15, 0.2) is 65.8 Å². The highest BCUT2D eigenvalue weighted by Crippen LogP contribution is 2.27. The summed E-state index contributed by atoms with van der Waals surface area (Å²) in [7, 11) is 1.45. The Balaban J connectivity index is 1.58. The van der Waals surface area contributed by atoms with E-state index in [1.165, 1.54) is 25.5 Å². The number of benzene rings is 3. The molecule has 0 aliphatic rings. The van der Waals surface area contributed by atoms with Crippen LogP contribution in [0.4, 0.5) is 10.1 Å². The molecule has 0 saturated carbocycles. The molecule has 3 aromatic rings. The van der Waals surface area contributed by atoms with Crippen LogP contribution in [-0.2, 0) is 4.79 Å². The molecule has 3 aromatic carbocycles. The van der Waals surface area contributed by atoms with Crippen LogP contribution in [0.2, 0.25) is 0 Å². The number of halogens is 1. The molecule has 8 nitrogen and oxygen atoms in total. The van der Waals surface area contributed by atoms with Gasteiger partial charge in [0.25, 0.3) is 11.8 Å². The minimum atomic E-state index is -0.818. The minimum Gasteiger partial charge on any atom is -0.493 e. The predicted octanol–water partition coefficient (Wildman–Crippen LogP) is 3.80. The van der Waals surface area contributed by atoms with E-state index in [1.807, 2.05) is 19.1 Å². The average Bonchev–Trinajstić information content (AvgIpc) is 2.84. The summed E-state index contributed by atoms with van der Waals surface area (Å²) < 4.78 is 24.8. The van der Waals surface area contributed by atoms with E-state index >= 15 is 0 Å². The molecule has 0 atom stereocenters. The number of methoxy groups -OCH3 is 1. The van der Waals surface area contributed by atoms with Gasteiger partial charge in [0.2, 0.25) is 0 Å². The lowest BCUT2D eigenvalue weighted by atomic mass is 10.1. The standard InChI is InChI=1S/C25H21FN4O4/c1-16-3-7-19(8-4-16)29-24(31)15-34-22-10-6-18(12-23(22)33-2)14-28-30-25(32)20-9-5-17(13-27)11-21(20)26/h3-12,14H,15H2,1-2H3,(H,29,31)(H,30,32)/b28-14-. The fourth-order valence-electron chi connectivity index (χ4n) is 2.86. The third-order valence-electron chi connectivity index (χ3n) is 4.60. The van der Waals surface area contributed by atoms with Crippen molar-refractivity contribution in [2.45, 2.75) is 6.92 Å². The van der Waals surface area contributed by atoms with E-state index in [0.29, 0.717) is 22.7 Å². The summed E-state index contributed by atoms with van der Waals surface area (Å²) in [4.78, 5) is 24.2. The Bertz CT molecular complexity index is 1270. The highest BCUT2D eigenvalue weighted by atomic mass is 19.1. The maximum absolute atomic E-state index is 13.9. The van der Waals surface area contributed by atoms with E-state index in [2.05, 4.69) is 15.8 Å². The molecule has 0 aromatic heterocycles. The monoisotopic (exact) mass is 460 g/mol. The second kappa shape index (κ2) is 11.2. The summed E-state index contributed by atoms with van der Waals surface area (Å²) in [6.45, 7) is 1.74. The number of nitrogens with zero attached hydrogens (tertiary/aromatic N) is 2. The molecule has 0 saturated heterocycles. The maximum Gasteiger partial charge on any atom is 0.274 e. The molecule has 0 spiro atoms. The van der Waals surface area contributed by atoms with Crippen molar-refractivity contribution < 1.29 is 23.5 Å². The molecule has 0 bridgehead atoms. The topological polar surface area (TPSA) is 113 Å². The van der Waals surface area contributed by atoms with Crippen LogP contribution < -0.4 is 20.2 Å². The van der Waals surface area contributed by atoms with Crippen LogP contribution in [0, 0.1) is 24.1 Å². The molecule has 0 radical (unpaired) electrons. The summed E-state index contributed by atoms with van der Waals surface area (Å²) in [5.41, 5.74) is 4.42. The van der Waals surface area contributed by atoms with Crippen molar-refractivity contribution in [2.24, 2.45) is 5.10 Å². The smallest absolute Gasteiger partial charge is 0.274 e. The first-order valence-corrected chi connectivity index (χ1v) is 10.1. The molecule has 172 valence electrons. The first-order valence-electron chi connectivity index (χ1n) is 10.1. The zero-order chi connectivity index (χ0) is 24.5. The van der Waals surface area contributed by atoms with Crippen molar-refractivity contribution >= 4 is 23.7 Å². The quantitative estimate of drug-likeness (QED) is 0.392. The van der Waals surface area contributed by atoms with Gasteiger partial charge in [-0.25, -0.2) is 9.82 Å². The Kier molecular flexibility index (Phi) is 7.92. The average molecular weight is 460 g/mol. The summed E-state index contributed by atoms with van der Waals surface area (Å²) in [6.07, 6.45) is 1.34. The molecule has 0 aliphatic carbocycles. The fourth-order valence-corrected chi connectivity index (χ4v) is 2.86. The number of rotatable bonds is 8. The lowest BCUT2D eigenvalue weighted by molar-refractivity contribution is -0.118. The van der Waals surface area contributed by atoms with Gasteiger partial charge in [0, 0.05) is 5.69 Å². The molecule has 2 amide bonds. The van der Waals surface area contributed by atoms with Crippen LogP contribution in [0.25, 0.3) is 0 Å². The third-order valence-corrected chi connectivity index (χ3v) is 4.60. The molecular formula is C25H21FN4O4. The summed E-state index contributed by atoms with van der Waals surface area (Å²) in [6, 6.07) is 17.6. The number of hydrazone groups is 1. The van der Waals surface area contributed by atoms with Gasteiger partial charge < -0.3 is 14.8 Å². The maximum atomic E-state index is 13.9. The van der Waals surface area contributed by atoms with E-state index in [1.54, 1.807) is 36.4 Å². The molecule has 2 N–H and O–H groups in total. The zero-order valence-electron chi connectivity index (χ0n) is 18.5. The number of carbonyl (C=O) groups excluding carboxylic acids is 2. The lowest BCUT2D eigenvalue weighted by Gasteiger charge is -2.11. The first-order chi connectivity index (χ1) is 16.4. The van der Waals surface area contributed by atoms with Crippen LogP contribution in [0.1, 0.15) is 27.0 Å². The molecular weight excluding hydrogens is 439 g/mol. The number of nitriles is 1. The summed E-state index contributed by atoms with van der Waals surface area (Å²) in [5.74, 6) is -1.20. The second-order valence-electron chi connectivity index (χ2n) is 7.12. The van der Waals surface area contributed by atoms with Crippen LogP contribution in [-0.4, -0.2) is 31.7 Å². The van der Waals surface area contributed by atoms with Crippen molar-refractivity contribution in [3.63, 3.8) is 0 Å². The van der Waals surface area contributed by atoms with Gasteiger partial charge >= 0.3 is 0 Å². The van der Waals surface area contributed by atoms with Gasteiger partial charge in [-0.2, -0.15) is 10.4 Å². The molecule has 9 heteroatoms. The SMILES string of the molecule is COc1cc(/C=N\NC(=O)c2ccc(C#N)cc2F)ccc1OCC(=O)Nc1ccc(C)cc1. The number of anilines is 1. The molecule has 0 aliphatic heterocycles. The summed E-state index contributed by atoms with van der Waals surface area (Å²) >= 11 is 0. The van der Waals surface area contributed by atoms with Crippen molar-refractivity contribution in [3.05, 3.63) is 88.7 Å². The van der Waals surface area contributed by atoms with Gasteiger partial charge in [-0.1, -0.05) is 17.7 Å². The normalized spacial score (nSPS) is 10.4. The van der Waals surface area contributed by atoms with Crippen LogP contribution in [0.5, 0.6) is 11.5 Å². The largest absolute Gasteiger partial charge is 0.493 e. The van der Waals surface area contributed by atoms with Gasteiger partial charge in [-0.3, -0.25) is 9.59 Å². The first kappa shape index (κ1) is 23.9. The Labute approximate surface area is 195 Å². The number of aryl methyl sites for hydroxylation is 1. The van der Waals surface area contributed by atoms with Gasteiger partial charge in [0.05, 0.1) is 30.5 Å². The van der Waals surface area contributed by atoms with Crippen molar-refractivity contribution in [2.75, 3.05) is 19.0 Å². The van der Waals surface area contributed by atoms with Crippen LogP contribution in [0.3, 0.4) is 0 Å². The Hall–Kier alpha value is -4.71. The van der Waals surface area contributed by atoms with Gasteiger partial charge in [-0.15, -0.1) is 0 Å².